The lowest BCUT2D eigenvalue weighted by Crippen LogP contribution is -2.15. The molecule has 0 spiro atoms. The van der Waals surface area contributed by atoms with E-state index < -0.39 is 0 Å². The van der Waals surface area contributed by atoms with Gasteiger partial charge >= 0.3 is 0 Å². The van der Waals surface area contributed by atoms with Crippen molar-refractivity contribution < 1.29 is 0 Å². The monoisotopic (exact) mass is 993 g/mol. The van der Waals surface area contributed by atoms with Crippen LogP contribution in [0.3, 0.4) is 0 Å². The molecule has 1 aliphatic carbocycles. The lowest BCUT2D eigenvalue weighted by Gasteiger charge is -2.30. The number of fused-ring (bicyclic) bond motifs is 9. The van der Waals surface area contributed by atoms with Crippen LogP contribution < -0.4 is 4.90 Å². The Morgan fingerprint density at radius 3 is 1.56 bits per heavy atom. The standard InChI is InChI=1S/C75H51N3/c1-75(2)63-34-19-33-61-60-31-11-14-37-67(60)78-70-40-20-32-57(71(70)62-41-42-64(75)73(72(61)63)74(62)78)52-27-17-25-50(43-52)51-26-18-28-55(45-51)76(56-46-53(48-21-5-3-6-22-48)44-54(47-56)49-23-7-4-8-24-49)68-38-15-16-39-69(68)77-65-35-12-9-29-58(65)59-30-10-13-36-66(59)77/h3-47H,1-2H3. The molecule has 0 N–H and O–H groups in total. The number of para-hydroxylation sites is 5. The van der Waals surface area contributed by atoms with Gasteiger partial charge in [0.1, 0.15) is 0 Å². The molecular formula is C75H51N3. The second-order valence-electron chi connectivity index (χ2n) is 21.6. The van der Waals surface area contributed by atoms with E-state index in [4.69, 9.17) is 0 Å². The van der Waals surface area contributed by atoms with Crippen molar-refractivity contribution in [3.05, 3.63) is 284 Å². The number of hydrogen-bond donors (Lipinski definition) is 0. The summed E-state index contributed by atoms with van der Waals surface area (Å²) >= 11 is 0. The van der Waals surface area contributed by atoms with Crippen LogP contribution in [0.5, 0.6) is 0 Å². The van der Waals surface area contributed by atoms with E-state index in [-0.39, 0.29) is 5.41 Å². The third-order valence-electron chi connectivity index (χ3n) is 17.0. The summed E-state index contributed by atoms with van der Waals surface area (Å²) < 4.78 is 5.02. The molecule has 2 aromatic heterocycles. The lowest BCUT2D eigenvalue weighted by atomic mass is 9.81. The third-order valence-corrected chi connectivity index (χ3v) is 17.0. The van der Waals surface area contributed by atoms with Crippen LogP contribution in [0.2, 0.25) is 0 Å². The van der Waals surface area contributed by atoms with Crippen LogP contribution in [-0.4, -0.2) is 9.13 Å². The summed E-state index contributed by atoms with van der Waals surface area (Å²) in [5, 5.41) is 5.03. The molecule has 16 rings (SSSR count). The molecule has 1 aliphatic heterocycles. The highest BCUT2D eigenvalue weighted by molar-refractivity contribution is 6.22. The van der Waals surface area contributed by atoms with Crippen molar-refractivity contribution in [2.75, 3.05) is 4.90 Å². The molecule has 0 unspecified atom stereocenters. The molecule has 0 amide bonds. The van der Waals surface area contributed by atoms with Gasteiger partial charge in [-0.2, -0.15) is 0 Å². The van der Waals surface area contributed by atoms with Crippen LogP contribution in [-0.2, 0) is 5.41 Å². The van der Waals surface area contributed by atoms with Crippen LogP contribution in [0.1, 0.15) is 25.0 Å². The molecule has 366 valence electrons. The summed E-state index contributed by atoms with van der Waals surface area (Å²) in [5.41, 5.74) is 27.8. The van der Waals surface area contributed by atoms with Crippen LogP contribution in [0.15, 0.2) is 273 Å². The number of rotatable bonds is 8. The molecule has 0 saturated carbocycles. The quantitative estimate of drug-likeness (QED) is 0.148. The zero-order valence-electron chi connectivity index (χ0n) is 43.3. The fourth-order valence-electron chi connectivity index (χ4n) is 13.5. The van der Waals surface area contributed by atoms with Crippen LogP contribution in [0.4, 0.5) is 17.1 Å². The number of benzene rings is 12. The minimum atomic E-state index is -0.119. The maximum Gasteiger partial charge on any atom is 0.0702 e. The van der Waals surface area contributed by atoms with Crippen LogP contribution >= 0.6 is 0 Å². The van der Waals surface area contributed by atoms with Crippen LogP contribution in [0, 0.1) is 0 Å². The first-order valence-electron chi connectivity index (χ1n) is 27.2. The van der Waals surface area contributed by atoms with E-state index >= 15 is 0 Å². The fraction of sp³-hybridized carbons (Fsp3) is 0.0400. The highest BCUT2D eigenvalue weighted by Crippen LogP contribution is 2.58. The fourth-order valence-corrected chi connectivity index (χ4v) is 13.5. The molecule has 0 bridgehead atoms. The van der Waals surface area contributed by atoms with E-state index in [0.717, 1.165) is 45.0 Å². The summed E-state index contributed by atoms with van der Waals surface area (Å²) in [5.74, 6) is 0. The summed E-state index contributed by atoms with van der Waals surface area (Å²) in [6, 6.07) is 101. The van der Waals surface area contributed by atoms with Gasteiger partial charge in [-0.1, -0.05) is 214 Å². The average molecular weight is 994 g/mol. The lowest BCUT2D eigenvalue weighted by molar-refractivity contribution is 0.661. The number of aromatic nitrogens is 2. The molecule has 0 saturated heterocycles. The predicted molar refractivity (Wildman–Crippen MR) is 328 cm³/mol. The van der Waals surface area contributed by atoms with Crippen molar-refractivity contribution in [1.82, 2.24) is 9.13 Å². The van der Waals surface area contributed by atoms with E-state index in [1.54, 1.807) is 0 Å². The molecule has 3 heteroatoms. The van der Waals surface area contributed by atoms with Crippen molar-refractivity contribution in [2.24, 2.45) is 0 Å². The topological polar surface area (TPSA) is 13.1 Å². The minimum absolute atomic E-state index is 0.119. The first kappa shape index (κ1) is 44.3. The van der Waals surface area contributed by atoms with E-state index in [1.807, 2.05) is 0 Å². The summed E-state index contributed by atoms with van der Waals surface area (Å²) in [4.78, 5) is 2.48. The Bertz CT molecular complexity index is 4650. The Labute approximate surface area is 453 Å². The summed E-state index contributed by atoms with van der Waals surface area (Å²) in [7, 11) is 0. The van der Waals surface area contributed by atoms with Gasteiger partial charge in [-0.25, -0.2) is 0 Å². The maximum atomic E-state index is 2.57. The Morgan fingerprint density at radius 2 is 0.821 bits per heavy atom. The van der Waals surface area contributed by atoms with E-state index in [9.17, 15) is 0 Å². The Hall–Kier alpha value is -9.96. The summed E-state index contributed by atoms with van der Waals surface area (Å²) in [6.45, 7) is 4.79. The van der Waals surface area contributed by atoms with Crippen LogP contribution in [0.25, 0.3) is 122 Å². The molecule has 0 fully saturated rings. The molecule has 3 heterocycles. The highest BCUT2D eigenvalue weighted by Gasteiger charge is 2.41. The maximum absolute atomic E-state index is 2.57. The third kappa shape index (κ3) is 6.52. The van der Waals surface area contributed by atoms with E-state index in [0.29, 0.717) is 0 Å². The van der Waals surface area contributed by atoms with Crippen molar-refractivity contribution >= 4 is 60.7 Å². The minimum Gasteiger partial charge on any atom is -0.308 e. The Kier molecular flexibility index (Phi) is 9.68. The Morgan fingerprint density at radius 1 is 0.308 bits per heavy atom. The first-order valence-corrected chi connectivity index (χ1v) is 27.2. The largest absolute Gasteiger partial charge is 0.308 e. The zero-order valence-corrected chi connectivity index (χ0v) is 43.3. The molecule has 0 radical (unpaired) electrons. The number of anilines is 3. The molecular weight excluding hydrogens is 943 g/mol. The zero-order chi connectivity index (χ0) is 51.6. The van der Waals surface area contributed by atoms with Crippen molar-refractivity contribution in [3.8, 4) is 78.1 Å². The van der Waals surface area contributed by atoms with Crippen molar-refractivity contribution in [2.45, 2.75) is 19.3 Å². The smallest absolute Gasteiger partial charge is 0.0702 e. The van der Waals surface area contributed by atoms with Crippen molar-refractivity contribution in [3.63, 3.8) is 0 Å². The van der Waals surface area contributed by atoms with Gasteiger partial charge in [0.15, 0.2) is 0 Å². The van der Waals surface area contributed by atoms with Gasteiger partial charge < -0.3 is 14.0 Å². The van der Waals surface area contributed by atoms with Gasteiger partial charge in [-0.3, -0.25) is 0 Å². The number of nitrogens with zero attached hydrogens (tertiary/aromatic N) is 3. The van der Waals surface area contributed by atoms with E-state index in [1.165, 1.54) is 105 Å². The number of hydrogen-bond acceptors (Lipinski definition) is 1. The average Bonchev–Trinajstić information content (AvgIpc) is 3.80. The SMILES string of the molecule is CC1(C)c2cccc3c2-c2c1ccc1c4c(-c5cccc(-c6cccc(N(c7cc(-c8ccccc8)cc(-c8ccccc8)c7)c7ccccc7-n7c8ccccc8c8ccccc87)c6)c5)cccc4n(c21)-c1ccccc1-3. The molecule has 0 atom stereocenters. The second kappa shape index (κ2) is 17.0. The van der Waals surface area contributed by atoms with Gasteiger partial charge in [-0.05, 0) is 140 Å². The van der Waals surface area contributed by atoms with E-state index in [2.05, 4.69) is 301 Å². The van der Waals surface area contributed by atoms with Gasteiger partial charge in [0, 0.05) is 49.5 Å². The van der Waals surface area contributed by atoms with Crippen molar-refractivity contribution in [1.29, 1.82) is 0 Å². The predicted octanol–water partition coefficient (Wildman–Crippen LogP) is 20.3. The summed E-state index contributed by atoms with van der Waals surface area (Å²) in [6.07, 6.45) is 0. The molecule has 12 aromatic carbocycles. The van der Waals surface area contributed by atoms with Gasteiger partial charge in [0.25, 0.3) is 0 Å². The van der Waals surface area contributed by atoms with Gasteiger partial charge in [0.05, 0.1) is 39.1 Å². The second-order valence-corrected chi connectivity index (χ2v) is 21.6. The molecule has 78 heavy (non-hydrogen) atoms. The van der Waals surface area contributed by atoms with Gasteiger partial charge in [-0.15, -0.1) is 0 Å². The molecule has 3 nitrogen and oxygen atoms in total. The normalized spacial score (nSPS) is 12.8. The highest BCUT2D eigenvalue weighted by atomic mass is 15.2. The van der Waals surface area contributed by atoms with Gasteiger partial charge in [0.2, 0.25) is 0 Å². The Balaban J connectivity index is 0.902. The molecule has 2 aliphatic rings. The molecule has 14 aromatic rings. The first-order chi connectivity index (χ1) is 38.5.